The highest BCUT2D eigenvalue weighted by Gasteiger charge is 2.49. The van der Waals surface area contributed by atoms with E-state index < -0.39 is 23.4 Å². The van der Waals surface area contributed by atoms with Gasteiger partial charge in [0.25, 0.3) is 5.91 Å². The first-order valence-corrected chi connectivity index (χ1v) is 7.07. The Balaban J connectivity index is 1.83. The van der Waals surface area contributed by atoms with Gasteiger partial charge in [-0.05, 0) is 24.6 Å². The van der Waals surface area contributed by atoms with E-state index in [9.17, 15) is 14.4 Å². The van der Waals surface area contributed by atoms with Crippen molar-refractivity contribution in [2.24, 2.45) is 0 Å². The molecule has 2 aliphatic heterocycles. The summed E-state index contributed by atoms with van der Waals surface area (Å²) in [5, 5.41) is 2.67. The summed E-state index contributed by atoms with van der Waals surface area (Å²) >= 11 is 0. The molecule has 23 heavy (non-hydrogen) atoms. The largest absolute Gasteiger partial charge is 0.469 e. The Bertz CT molecular complexity index is 689. The average molecular weight is 320 g/mol. The topological polar surface area (TPSA) is 94.2 Å². The van der Waals surface area contributed by atoms with Gasteiger partial charge in [-0.2, -0.15) is 0 Å². The second-order valence-electron chi connectivity index (χ2n) is 5.41. The molecule has 1 fully saturated rings. The third kappa shape index (κ3) is 2.45. The predicted molar refractivity (Wildman–Crippen MR) is 76.8 cm³/mol. The summed E-state index contributed by atoms with van der Waals surface area (Å²) in [7, 11) is 1.25. The number of fused-ring (bicyclic) bond motifs is 1. The van der Waals surface area contributed by atoms with Crippen LogP contribution in [0.5, 0.6) is 11.5 Å². The molecule has 122 valence electrons. The minimum Gasteiger partial charge on any atom is -0.469 e. The number of hydrogen-bond acceptors (Lipinski definition) is 6. The molecular formula is C15H16N2O6. The highest BCUT2D eigenvalue weighted by Crippen LogP contribution is 2.37. The van der Waals surface area contributed by atoms with Gasteiger partial charge in [-0.25, -0.2) is 4.79 Å². The van der Waals surface area contributed by atoms with E-state index in [0.29, 0.717) is 17.1 Å². The molecule has 0 spiro atoms. The van der Waals surface area contributed by atoms with E-state index >= 15 is 0 Å². The third-order valence-corrected chi connectivity index (χ3v) is 3.99. The Morgan fingerprint density at radius 1 is 1.35 bits per heavy atom. The lowest BCUT2D eigenvalue weighted by Crippen LogP contribution is -2.41. The molecule has 1 N–H and O–H groups in total. The molecule has 8 heteroatoms. The number of esters is 1. The zero-order valence-corrected chi connectivity index (χ0v) is 12.8. The number of benzene rings is 1. The molecule has 3 amide bonds. The molecule has 0 unspecified atom stereocenters. The van der Waals surface area contributed by atoms with Crippen LogP contribution in [0.3, 0.4) is 0 Å². The van der Waals surface area contributed by atoms with Crippen LogP contribution in [0.2, 0.25) is 0 Å². The number of amides is 3. The third-order valence-electron chi connectivity index (χ3n) is 3.99. The van der Waals surface area contributed by atoms with Crippen LogP contribution in [-0.2, 0) is 19.9 Å². The van der Waals surface area contributed by atoms with E-state index in [4.69, 9.17) is 9.47 Å². The molecule has 1 saturated heterocycles. The van der Waals surface area contributed by atoms with Crippen molar-refractivity contribution in [2.75, 3.05) is 20.4 Å². The molecule has 1 atom stereocenters. The van der Waals surface area contributed by atoms with E-state index in [1.807, 2.05) is 0 Å². The lowest BCUT2D eigenvalue weighted by molar-refractivity contribution is -0.141. The monoisotopic (exact) mass is 320 g/mol. The molecule has 0 aromatic heterocycles. The van der Waals surface area contributed by atoms with Crippen LogP contribution in [-0.4, -0.2) is 43.3 Å². The summed E-state index contributed by atoms with van der Waals surface area (Å²) in [4.78, 5) is 37.0. The SMILES string of the molecule is COC(=O)CCN1C(=O)N[C@@](C)(c2ccc3c(c2)OCO3)C1=O. The summed E-state index contributed by atoms with van der Waals surface area (Å²) in [6, 6.07) is 4.53. The van der Waals surface area contributed by atoms with E-state index in [1.165, 1.54) is 7.11 Å². The van der Waals surface area contributed by atoms with Crippen molar-refractivity contribution in [2.45, 2.75) is 18.9 Å². The second-order valence-corrected chi connectivity index (χ2v) is 5.41. The minimum atomic E-state index is -1.21. The quantitative estimate of drug-likeness (QED) is 0.650. The van der Waals surface area contributed by atoms with Crippen molar-refractivity contribution < 1.29 is 28.6 Å². The zero-order valence-electron chi connectivity index (χ0n) is 12.8. The van der Waals surface area contributed by atoms with Gasteiger partial charge < -0.3 is 19.5 Å². The number of imide groups is 1. The number of nitrogens with one attached hydrogen (secondary N) is 1. The fourth-order valence-electron chi connectivity index (χ4n) is 2.61. The first kappa shape index (κ1) is 15.1. The van der Waals surface area contributed by atoms with Crippen molar-refractivity contribution in [3.05, 3.63) is 23.8 Å². The van der Waals surface area contributed by atoms with Gasteiger partial charge in [0.15, 0.2) is 11.5 Å². The number of nitrogens with zero attached hydrogens (tertiary/aromatic N) is 1. The van der Waals surface area contributed by atoms with Crippen LogP contribution in [0.4, 0.5) is 4.79 Å². The molecule has 0 bridgehead atoms. The number of methoxy groups -OCH3 is 1. The summed E-state index contributed by atoms with van der Waals surface area (Å²) in [5.74, 6) is 0.211. The Hall–Kier alpha value is -2.77. The maximum atomic E-state index is 12.7. The highest BCUT2D eigenvalue weighted by atomic mass is 16.7. The van der Waals surface area contributed by atoms with E-state index in [-0.39, 0.29) is 19.8 Å². The molecular weight excluding hydrogens is 304 g/mol. The van der Waals surface area contributed by atoms with E-state index in [1.54, 1.807) is 25.1 Å². The predicted octanol–water partition coefficient (Wildman–Crippen LogP) is 0.745. The van der Waals surface area contributed by atoms with Gasteiger partial charge in [-0.3, -0.25) is 14.5 Å². The van der Waals surface area contributed by atoms with Crippen LogP contribution < -0.4 is 14.8 Å². The van der Waals surface area contributed by atoms with Crippen LogP contribution in [0.15, 0.2) is 18.2 Å². The Kier molecular flexibility index (Phi) is 3.59. The number of carbonyl (C=O) groups excluding carboxylic acids is 3. The van der Waals surface area contributed by atoms with Crippen LogP contribution >= 0.6 is 0 Å². The lowest BCUT2D eigenvalue weighted by Gasteiger charge is -2.22. The normalized spacial score (nSPS) is 22.3. The van der Waals surface area contributed by atoms with Gasteiger partial charge >= 0.3 is 12.0 Å². The van der Waals surface area contributed by atoms with Gasteiger partial charge in [0, 0.05) is 6.54 Å². The number of carbonyl (C=O) groups is 3. The summed E-state index contributed by atoms with van der Waals surface area (Å²) < 4.78 is 15.1. The molecule has 0 radical (unpaired) electrons. The lowest BCUT2D eigenvalue weighted by atomic mass is 9.91. The minimum absolute atomic E-state index is 0.0303. The van der Waals surface area contributed by atoms with E-state index in [2.05, 4.69) is 10.1 Å². The number of ether oxygens (including phenoxy) is 3. The maximum Gasteiger partial charge on any atom is 0.325 e. The Labute approximate surface area is 132 Å². The maximum absolute atomic E-state index is 12.7. The van der Waals surface area contributed by atoms with Gasteiger partial charge in [0.1, 0.15) is 5.54 Å². The second kappa shape index (κ2) is 5.45. The summed E-state index contributed by atoms with van der Waals surface area (Å²) in [6.45, 7) is 1.71. The highest BCUT2D eigenvalue weighted by molar-refractivity contribution is 6.07. The van der Waals surface area contributed by atoms with Gasteiger partial charge in [-0.15, -0.1) is 0 Å². The first-order valence-electron chi connectivity index (χ1n) is 7.07. The van der Waals surface area contributed by atoms with Crippen molar-refractivity contribution in [3.8, 4) is 11.5 Å². The molecule has 1 aromatic carbocycles. The van der Waals surface area contributed by atoms with Crippen LogP contribution in [0.25, 0.3) is 0 Å². The molecule has 0 aliphatic carbocycles. The smallest absolute Gasteiger partial charge is 0.325 e. The summed E-state index contributed by atoms with van der Waals surface area (Å²) in [6.07, 6.45) is -0.0487. The number of rotatable bonds is 4. The molecule has 2 aliphatic rings. The van der Waals surface area contributed by atoms with Gasteiger partial charge in [0.05, 0.1) is 13.5 Å². The molecule has 3 rings (SSSR count). The fraction of sp³-hybridized carbons (Fsp3) is 0.400. The molecule has 8 nitrogen and oxygen atoms in total. The van der Waals surface area contributed by atoms with Crippen LogP contribution in [0.1, 0.15) is 18.9 Å². The number of hydrogen-bond donors (Lipinski definition) is 1. The van der Waals surface area contributed by atoms with Crippen molar-refractivity contribution in [1.82, 2.24) is 10.2 Å². The molecule has 0 saturated carbocycles. The fourth-order valence-corrected chi connectivity index (χ4v) is 2.61. The molecule has 2 heterocycles. The summed E-state index contributed by atoms with van der Waals surface area (Å²) in [5.41, 5.74) is -0.630. The van der Waals surface area contributed by atoms with Crippen molar-refractivity contribution in [3.63, 3.8) is 0 Å². The van der Waals surface area contributed by atoms with E-state index in [0.717, 1.165) is 4.90 Å². The van der Waals surface area contributed by atoms with Crippen LogP contribution in [0, 0.1) is 0 Å². The number of urea groups is 1. The average Bonchev–Trinajstić information content (AvgIpc) is 3.09. The van der Waals surface area contributed by atoms with Gasteiger partial charge in [-0.1, -0.05) is 6.07 Å². The Morgan fingerprint density at radius 2 is 2.09 bits per heavy atom. The Morgan fingerprint density at radius 3 is 2.83 bits per heavy atom. The van der Waals surface area contributed by atoms with Gasteiger partial charge in [0.2, 0.25) is 6.79 Å². The first-order chi connectivity index (χ1) is 11.0. The molecule has 1 aromatic rings. The zero-order chi connectivity index (χ0) is 16.6. The van der Waals surface area contributed by atoms with Crippen molar-refractivity contribution in [1.29, 1.82) is 0 Å². The van der Waals surface area contributed by atoms with Crippen molar-refractivity contribution >= 4 is 17.9 Å². The standard InChI is InChI=1S/C15H16N2O6/c1-15(9-3-4-10-11(7-9)23-8-22-10)13(19)17(14(20)16-15)6-5-12(18)21-2/h3-4,7H,5-6,8H2,1-2H3,(H,16,20)/t15-/m0/s1.